The number of likely N-dealkylation sites (tertiary alicyclic amines) is 1. The maximum Gasteiger partial charge on any atom is 0.234 e. The Morgan fingerprint density at radius 3 is 2.33 bits per heavy atom. The minimum absolute atomic E-state index is 0. The molecule has 0 aromatic carbocycles. The summed E-state index contributed by atoms with van der Waals surface area (Å²) in [6.07, 6.45) is 4.01. The number of piperidine rings is 1. The van der Waals surface area contributed by atoms with Gasteiger partial charge in [0.15, 0.2) is 0 Å². The fraction of sp³-hybridized carbons (Fsp3) is 0.941. The molecule has 7 heteroatoms. The van der Waals surface area contributed by atoms with Gasteiger partial charge in [0.05, 0.1) is 6.54 Å². The van der Waals surface area contributed by atoms with Gasteiger partial charge in [0.25, 0.3) is 0 Å². The molecular formula is C17H38N4O2W. The number of rotatable bonds is 10. The second-order valence-electron chi connectivity index (χ2n) is 5.92. The molecule has 1 amide bonds. The second-order valence-corrected chi connectivity index (χ2v) is 5.92. The van der Waals surface area contributed by atoms with E-state index in [-0.39, 0.29) is 33.6 Å². The topological polar surface area (TPSA) is 67.8 Å². The standard InChI is InChI=1S/C15H32N4O2.C2H6.W/c1-16-14-5-10-19(11-6-14)13-15(21)17-7-3-8-18(2)9-4-12-20;1-2;/h14,16,20H,3-13H2,1-2H3,(H,17,21);1-2H3;. The molecule has 0 aromatic rings. The Balaban J connectivity index is 0. The molecule has 144 valence electrons. The van der Waals surface area contributed by atoms with Gasteiger partial charge in [-0.2, -0.15) is 0 Å². The fourth-order valence-corrected chi connectivity index (χ4v) is 2.67. The normalized spacial score (nSPS) is 15.4. The maximum atomic E-state index is 11.9. The first-order valence-corrected chi connectivity index (χ1v) is 9.11. The molecule has 0 aliphatic carbocycles. The minimum Gasteiger partial charge on any atom is -0.396 e. The van der Waals surface area contributed by atoms with Crippen molar-refractivity contribution in [3.05, 3.63) is 0 Å². The maximum absolute atomic E-state index is 11.9. The van der Waals surface area contributed by atoms with E-state index >= 15 is 0 Å². The van der Waals surface area contributed by atoms with Gasteiger partial charge in [0.1, 0.15) is 0 Å². The summed E-state index contributed by atoms with van der Waals surface area (Å²) in [6.45, 7) is 9.36. The summed E-state index contributed by atoms with van der Waals surface area (Å²) in [5.41, 5.74) is 0. The van der Waals surface area contributed by atoms with Gasteiger partial charge in [-0.15, -0.1) is 0 Å². The Kier molecular flexibility index (Phi) is 19.5. The summed E-state index contributed by atoms with van der Waals surface area (Å²) >= 11 is 0. The van der Waals surface area contributed by atoms with Gasteiger partial charge < -0.3 is 20.6 Å². The van der Waals surface area contributed by atoms with Crippen molar-refractivity contribution in [1.29, 1.82) is 0 Å². The quantitative estimate of drug-likeness (QED) is 0.371. The van der Waals surface area contributed by atoms with E-state index in [0.29, 0.717) is 12.6 Å². The van der Waals surface area contributed by atoms with Gasteiger partial charge >= 0.3 is 0 Å². The van der Waals surface area contributed by atoms with Crippen LogP contribution in [0.2, 0.25) is 0 Å². The Hall–Kier alpha value is -0.00169. The van der Waals surface area contributed by atoms with Crippen molar-refractivity contribution in [3.8, 4) is 0 Å². The molecule has 6 nitrogen and oxygen atoms in total. The average molecular weight is 514 g/mol. The van der Waals surface area contributed by atoms with Gasteiger partial charge in [-0.05, 0) is 46.3 Å². The zero-order valence-electron chi connectivity index (χ0n) is 16.0. The zero-order chi connectivity index (χ0) is 17.5. The van der Waals surface area contributed by atoms with E-state index in [4.69, 9.17) is 5.11 Å². The SMILES string of the molecule is CC.CNC1CCN(CC(=O)NCCCN(C)CCCO)CC1.[W]. The van der Waals surface area contributed by atoms with Crippen LogP contribution in [-0.4, -0.2) is 86.8 Å². The Labute approximate surface area is 163 Å². The molecule has 1 saturated heterocycles. The van der Waals surface area contributed by atoms with Crippen LogP contribution >= 0.6 is 0 Å². The average Bonchev–Trinajstić information content (AvgIpc) is 2.59. The number of carbonyl (C=O) groups excluding carboxylic acids is 1. The van der Waals surface area contributed by atoms with Crippen LogP contribution in [0.3, 0.4) is 0 Å². The number of carbonyl (C=O) groups is 1. The molecule has 0 unspecified atom stereocenters. The Morgan fingerprint density at radius 2 is 1.79 bits per heavy atom. The molecule has 1 rings (SSSR count). The van der Waals surface area contributed by atoms with Crippen molar-refractivity contribution < 1.29 is 31.0 Å². The summed E-state index contributed by atoms with van der Waals surface area (Å²) in [5, 5.41) is 15.0. The van der Waals surface area contributed by atoms with E-state index in [1.807, 2.05) is 27.9 Å². The van der Waals surface area contributed by atoms with E-state index < -0.39 is 0 Å². The van der Waals surface area contributed by atoms with Crippen LogP contribution in [-0.2, 0) is 25.9 Å². The first kappa shape index (κ1) is 26.2. The van der Waals surface area contributed by atoms with Crippen LogP contribution in [0.15, 0.2) is 0 Å². The molecular weight excluding hydrogens is 476 g/mol. The summed E-state index contributed by atoms with van der Waals surface area (Å²) in [5.74, 6) is 0.135. The van der Waals surface area contributed by atoms with Crippen molar-refractivity contribution in [2.24, 2.45) is 0 Å². The zero-order valence-corrected chi connectivity index (χ0v) is 18.9. The molecule has 1 aliphatic rings. The number of nitrogens with one attached hydrogen (secondary N) is 2. The third kappa shape index (κ3) is 13.3. The van der Waals surface area contributed by atoms with Crippen molar-refractivity contribution in [2.45, 2.75) is 45.6 Å². The third-order valence-corrected chi connectivity index (χ3v) is 4.10. The number of nitrogens with zero attached hydrogens (tertiary/aromatic N) is 2. The number of aliphatic hydroxyl groups excluding tert-OH is 1. The van der Waals surface area contributed by atoms with E-state index in [1.54, 1.807) is 0 Å². The van der Waals surface area contributed by atoms with Gasteiger partial charge in [0, 0.05) is 59.9 Å². The van der Waals surface area contributed by atoms with E-state index in [0.717, 1.165) is 58.4 Å². The van der Waals surface area contributed by atoms with Crippen molar-refractivity contribution >= 4 is 5.91 Å². The molecule has 0 aromatic heterocycles. The first-order chi connectivity index (χ1) is 11.2. The van der Waals surface area contributed by atoms with Gasteiger partial charge in [0.2, 0.25) is 5.91 Å². The minimum atomic E-state index is 0. The Morgan fingerprint density at radius 1 is 1.21 bits per heavy atom. The largest absolute Gasteiger partial charge is 0.396 e. The molecule has 1 heterocycles. The van der Waals surface area contributed by atoms with Crippen LogP contribution in [0, 0.1) is 0 Å². The fourth-order valence-electron chi connectivity index (χ4n) is 2.67. The number of hydrogen-bond acceptors (Lipinski definition) is 5. The van der Waals surface area contributed by atoms with E-state index in [9.17, 15) is 4.79 Å². The Bertz CT molecular complexity index is 288. The van der Waals surface area contributed by atoms with Crippen LogP contribution in [0.1, 0.15) is 39.5 Å². The summed E-state index contributed by atoms with van der Waals surface area (Å²) in [4.78, 5) is 16.3. The number of hydrogen-bond donors (Lipinski definition) is 3. The molecule has 0 bridgehead atoms. The van der Waals surface area contributed by atoms with Crippen molar-refractivity contribution in [3.63, 3.8) is 0 Å². The second kappa shape index (κ2) is 17.8. The predicted molar refractivity (Wildman–Crippen MR) is 96.7 cm³/mol. The van der Waals surface area contributed by atoms with E-state index in [2.05, 4.69) is 20.4 Å². The monoisotopic (exact) mass is 514 g/mol. The molecule has 0 radical (unpaired) electrons. The van der Waals surface area contributed by atoms with E-state index in [1.165, 1.54) is 0 Å². The molecule has 24 heavy (non-hydrogen) atoms. The van der Waals surface area contributed by atoms with Crippen molar-refractivity contribution in [2.75, 3.05) is 60.0 Å². The van der Waals surface area contributed by atoms with Crippen LogP contribution in [0.4, 0.5) is 0 Å². The molecule has 0 spiro atoms. The first-order valence-electron chi connectivity index (χ1n) is 9.11. The predicted octanol–water partition coefficient (Wildman–Crippen LogP) is 0.514. The van der Waals surface area contributed by atoms with Crippen LogP contribution < -0.4 is 10.6 Å². The van der Waals surface area contributed by atoms with Crippen LogP contribution in [0.25, 0.3) is 0 Å². The molecule has 1 fully saturated rings. The molecule has 0 atom stereocenters. The molecule has 3 N–H and O–H groups in total. The summed E-state index contributed by atoms with van der Waals surface area (Å²) < 4.78 is 0. The van der Waals surface area contributed by atoms with Gasteiger partial charge in [-0.1, -0.05) is 13.8 Å². The number of amides is 1. The van der Waals surface area contributed by atoms with Crippen molar-refractivity contribution in [1.82, 2.24) is 20.4 Å². The number of aliphatic hydroxyl groups is 1. The molecule has 1 aliphatic heterocycles. The smallest absolute Gasteiger partial charge is 0.234 e. The van der Waals surface area contributed by atoms with Gasteiger partial charge in [-0.25, -0.2) is 0 Å². The summed E-state index contributed by atoms with van der Waals surface area (Å²) in [7, 11) is 4.05. The van der Waals surface area contributed by atoms with Crippen LogP contribution in [0.5, 0.6) is 0 Å². The third-order valence-electron chi connectivity index (χ3n) is 4.10. The summed E-state index contributed by atoms with van der Waals surface area (Å²) in [6, 6.07) is 0.610. The van der Waals surface area contributed by atoms with Gasteiger partial charge in [-0.3, -0.25) is 9.69 Å². The molecule has 0 saturated carbocycles.